The van der Waals surface area contributed by atoms with Gasteiger partial charge in [-0.3, -0.25) is 0 Å². The molecule has 0 bridgehead atoms. The maximum atomic E-state index is 11.2. The molecule has 86 valence electrons. The van der Waals surface area contributed by atoms with Crippen molar-refractivity contribution in [2.24, 2.45) is 5.90 Å². The van der Waals surface area contributed by atoms with Gasteiger partial charge < -0.3 is 0 Å². The average molecular weight is 327 g/mol. The van der Waals surface area contributed by atoms with E-state index < -0.39 is 21.6 Å². The van der Waals surface area contributed by atoms with E-state index in [-0.39, 0.29) is 10.9 Å². The van der Waals surface area contributed by atoms with Crippen molar-refractivity contribution in [1.82, 2.24) is 5.23 Å². The third-order valence-corrected chi connectivity index (χ3v) is 2.39. The summed E-state index contributed by atoms with van der Waals surface area (Å²) in [5.41, 5.74) is 0.687. The Bertz CT molecular complexity index is 315. The van der Waals surface area contributed by atoms with Crippen LogP contribution in [0.15, 0.2) is 23.9 Å². The number of halogens is 1. The SMILES string of the molecule is C[I-]O/[N+]([O-])=C1\C=CC(N([O-])ON)=CC1. The molecular formula is C7H10IN3O4-2. The van der Waals surface area contributed by atoms with Gasteiger partial charge in [0.1, 0.15) is 0 Å². The minimum atomic E-state index is -0.566. The average Bonchev–Trinajstić information content (AvgIpc) is 2.28. The normalized spacial score (nSPS) is 18.7. The molecule has 8 heteroatoms. The third kappa shape index (κ3) is 3.34. The van der Waals surface area contributed by atoms with Crippen LogP contribution in [0, 0.1) is 10.4 Å². The van der Waals surface area contributed by atoms with E-state index in [0.717, 1.165) is 0 Å². The molecule has 0 unspecified atom stereocenters. The quantitative estimate of drug-likeness (QED) is 0.255. The topological polar surface area (TPSA) is 96.8 Å². The van der Waals surface area contributed by atoms with Crippen LogP contribution >= 0.6 is 0 Å². The molecule has 7 nitrogen and oxygen atoms in total. The van der Waals surface area contributed by atoms with E-state index >= 15 is 0 Å². The second-order valence-corrected chi connectivity index (χ2v) is 3.78. The van der Waals surface area contributed by atoms with Crippen LogP contribution in [-0.2, 0) is 8.11 Å². The Balaban J connectivity index is 2.67. The van der Waals surface area contributed by atoms with Gasteiger partial charge in [-0.1, -0.05) is 0 Å². The summed E-state index contributed by atoms with van der Waals surface area (Å²) in [6.07, 6.45) is 4.76. The fourth-order valence-electron chi connectivity index (χ4n) is 0.965. The summed E-state index contributed by atoms with van der Waals surface area (Å²) in [7, 11) is 0. The molecule has 2 N–H and O–H groups in total. The molecule has 0 saturated carbocycles. The first kappa shape index (κ1) is 12.2. The van der Waals surface area contributed by atoms with Crippen molar-refractivity contribution < 1.29 is 34.6 Å². The Morgan fingerprint density at radius 1 is 1.60 bits per heavy atom. The molecule has 0 saturated heterocycles. The Kier molecular flexibility index (Phi) is 4.81. The van der Waals surface area contributed by atoms with Crippen LogP contribution in [0.3, 0.4) is 0 Å². The first-order valence-corrected chi connectivity index (χ1v) is 6.94. The summed E-state index contributed by atoms with van der Waals surface area (Å²) < 4.78 is 4.83. The minimum absolute atomic E-state index is 0.163. The Hall–Kier alpha value is -0.840. The molecule has 1 aliphatic rings. The Morgan fingerprint density at radius 3 is 2.80 bits per heavy atom. The molecule has 0 aromatic carbocycles. The zero-order valence-electron chi connectivity index (χ0n) is 7.92. The standard InChI is InChI=1S/C7H10IN3O4/c1-8-14-10(12)6-2-4-7(5-3-6)11(13)15-9/h2,4-5H,3,9H2,1H3/q-2/b10-6+. The van der Waals surface area contributed by atoms with Crippen LogP contribution < -0.4 is 27.5 Å². The van der Waals surface area contributed by atoms with Crippen LogP contribution in [0.25, 0.3) is 0 Å². The Morgan fingerprint density at radius 2 is 2.33 bits per heavy atom. The van der Waals surface area contributed by atoms with Gasteiger partial charge >= 0.3 is 97.2 Å². The molecular weight excluding hydrogens is 317 g/mol. The van der Waals surface area contributed by atoms with E-state index in [1.165, 1.54) is 18.2 Å². The number of rotatable bonds is 4. The second-order valence-electron chi connectivity index (χ2n) is 2.50. The molecule has 0 amide bonds. The van der Waals surface area contributed by atoms with Crippen molar-refractivity contribution >= 4 is 5.71 Å². The van der Waals surface area contributed by atoms with E-state index in [1.54, 1.807) is 0 Å². The maximum absolute atomic E-state index is 11.2. The summed E-state index contributed by atoms with van der Waals surface area (Å²) >= 11 is -0.566. The molecule has 15 heavy (non-hydrogen) atoms. The molecule has 0 aliphatic heterocycles. The van der Waals surface area contributed by atoms with E-state index in [1.807, 2.05) is 4.93 Å². The number of alkyl halides is 1. The number of hydroxylamine groups is 2. The van der Waals surface area contributed by atoms with Gasteiger partial charge in [0, 0.05) is 0 Å². The van der Waals surface area contributed by atoms with Gasteiger partial charge in [0.15, 0.2) is 0 Å². The van der Waals surface area contributed by atoms with Crippen LogP contribution in [0.4, 0.5) is 0 Å². The molecule has 0 heterocycles. The van der Waals surface area contributed by atoms with Crippen LogP contribution in [0.5, 0.6) is 0 Å². The van der Waals surface area contributed by atoms with Gasteiger partial charge in [-0.05, 0) is 0 Å². The summed E-state index contributed by atoms with van der Waals surface area (Å²) in [5, 5.41) is 22.3. The number of allylic oxidation sites excluding steroid dienone is 3. The van der Waals surface area contributed by atoms with Gasteiger partial charge in [-0.25, -0.2) is 0 Å². The molecule has 0 spiro atoms. The summed E-state index contributed by atoms with van der Waals surface area (Å²) in [5.74, 6) is 4.68. The number of hydrogen-bond acceptors (Lipinski definition) is 6. The zero-order chi connectivity index (χ0) is 11.3. The predicted octanol–water partition coefficient (Wildman–Crippen LogP) is -3.05. The number of nitrogens with two attached hydrogens (primary N) is 1. The zero-order valence-corrected chi connectivity index (χ0v) is 10.1. The first-order valence-electron chi connectivity index (χ1n) is 3.91. The Labute approximate surface area is 97.3 Å². The van der Waals surface area contributed by atoms with Gasteiger partial charge in [-0.15, -0.1) is 0 Å². The summed E-state index contributed by atoms with van der Waals surface area (Å²) in [6, 6.07) is 0. The van der Waals surface area contributed by atoms with Gasteiger partial charge in [0.2, 0.25) is 0 Å². The summed E-state index contributed by atoms with van der Waals surface area (Å²) in [6.45, 7) is 0. The molecule has 1 aliphatic carbocycles. The second kappa shape index (κ2) is 5.90. The monoisotopic (exact) mass is 327 g/mol. The van der Waals surface area contributed by atoms with Crippen LogP contribution in [-0.4, -0.2) is 20.8 Å². The third-order valence-electron chi connectivity index (χ3n) is 1.64. The van der Waals surface area contributed by atoms with Crippen molar-refractivity contribution in [3.05, 3.63) is 34.3 Å². The van der Waals surface area contributed by atoms with Crippen molar-refractivity contribution in [2.45, 2.75) is 6.42 Å². The van der Waals surface area contributed by atoms with Crippen molar-refractivity contribution in [3.63, 3.8) is 0 Å². The predicted molar refractivity (Wildman–Crippen MR) is 48.0 cm³/mol. The molecule has 0 aromatic rings. The van der Waals surface area contributed by atoms with E-state index in [2.05, 4.69) is 10.8 Å². The molecule has 0 atom stereocenters. The van der Waals surface area contributed by atoms with Crippen LogP contribution in [0.2, 0.25) is 0 Å². The molecule has 1 rings (SSSR count). The number of hydrogen-bond donors (Lipinski definition) is 1. The van der Waals surface area contributed by atoms with Crippen LogP contribution in [0.1, 0.15) is 6.42 Å². The molecule has 0 aromatic heterocycles. The fraction of sp³-hybridized carbons (Fsp3) is 0.286. The van der Waals surface area contributed by atoms with Crippen molar-refractivity contribution in [2.75, 3.05) is 4.93 Å². The van der Waals surface area contributed by atoms with Crippen molar-refractivity contribution in [1.29, 1.82) is 0 Å². The molecule has 0 radical (unpaired) electrons. The number of nitrogens with zero attached hydrogens (tertiary/aromatic N) is 2. The van der Waals surface area contributed by atoms with Crippen molar-refractivity contribution in [3.8, 4) is 0 Å². The summed E-state index contributed by atoms with van der Waals surface area (Å²) in [4.78, 5) is 6.25. The van der Waals surface area contributed by atoms with E-state index in [0.29, 0.717) is 17.0 Å². The first-order chi connectivity index (χ1) is 7.19. The molecule has 0 fully saturated rings. The van der Waals surface area contributed by atoms with Gasteiger partial charge in [0.25, 0.3) is 0 Å². The van der Waals surface area contributed by atoms with E-state index in [4.69, 9.17) is 3.17 Å². The van der Waals surface area contributed by atoms with Gasteiger partial charge in [-0.2, -0.15) is 0 Å². The van der Waals surface area contributed by atoms with Gasteiger partial charge in [0.05, 0.1) is 0 Å². The fourth-order valence-corrected chi connectivity index (χ4v) is 1.58. The van der Waals surface area contributed by atoms with E-state index in [9.17, 15) is 10.4 Å².